The quantitative estimate of drug-likeness (QED) is 0.758. The van der Waals surface area contributed by atoms with Gasteiger partial charge in [0.2, 0.25) is 0 Å². The Morgan fingerprint density at radius 3 is 2.47 bits per heavy atom. The lowest BCUT2D eigenvalue weighted by Crippen LogP contribution is -2.23. The zero-order valence-corrected chi connectivity index (χ0v) is 11.5. The van der Waals surface area contributed by atoms with E-state index >= 15 is 0 Å². The molecule has 0 aromatic carbocycles. The third-order valence-electron chi connectivity index (χ3n) is 2.92. The van der Waals surface area contributed by atoms with Crippen LogP contribution in [0, 0.1) is 0 Å². The molecule has 4 heteroatoms. The molecule has 1 aromatic heterocycles. The molecule has 0 bridgehead atoms. The second-order valence-electron chi connectivity index (χ2n) is 4.56. The first-order valence-corrected chi connectivity index (χ1v) is 6.55. The zero-order chi connectivity index (χ0) is 12.8. The van der Waals surface area contributed by atoms with Gasteiger partial charge in [0.25, 0.3) is 0 Å². The summed E-state index contributed by atoms with van der Waals surface area (Å²) in [5.41, 5.74) is 3.73. The molecule has 0 aliphatic heterocycles. The van der Waals surface area contributed by atoms with E-state index in [1.807, 2.05) is 4.68 Å². The molecule has 0 fully saturated rings. The summed E-state index contributed by atoms with van der Waals surface area (Å²) in [7, 11) is 0. The summed E-state index contributed by atoms with van der Waals surface area (Å²) in [6.45, 7) is 10.2. The second kappa shape index (κ2) is 6.77. The van der Waals surface area contributed by atoms with Crippen LogP contribution in [0.3, 0.4) is 0 Å². The lowest BCUT2D eigenvalue weighted by atomic mass is 10.1. The van der Waals surface area contributed by atoms with Crippen molar-refractivity contribution in [2.45, 2.75) is 59.7 Å². The van der Waals surface area contributed by atoms with Crippen LogP contribution < -0.4 is 5.32 Å². The van der Waals surface area contributed by atoms with Gasteiger partial charge in [-0.3, -0.25) is 4.68 Å². The topological polar surface area (TPSA) is 50.1 Å². The first-order valence-electron chi connectivity index (χ1n) is 6.55. The van der Waals surface area contributed by atoms with E-state index in [9.17, 15) is 0 Å². The Morgan fingerprint density at radius 1 is 1.29 bits per heavy atom. The number of aryl methyl sites for hydroxylation is 1. The minimum atomic E-state index is 0.148. The van der Waals surface area contributed by atoms with Crippen molar-refractivity contribution in [1.82, 2.24) is 15.1 Å². The molecule has 0 unspecified atom stereocenters. The Hall–Kier alpha value is -0.870. The summed E-state index contributed by atoms with van der Waals surface area (Å²) in [5, 5.41) is 17.1. The Labute approximate surface area is 104 Å². The average Bonchev–Trinajstić information content (AvgIpc) is 2.64. The van der Waals surface area contributed by atoms with Crippen molar-refractivity contribution in [3.8, 4) is 0 Å². The maximum Gasteiger partial charge on any atom is 0.0669 e. The third-order valence-corrected chi connectivity index (χ3v) is 2.92. The highest BCUT2D eigenvalue weighted by atomic mass is 16.3. The summed E-state index contributed by atoms with van der Waals surface area (Å²) in [4.78, 5) is 0. The van der Waals surface area contributed by atoms with Crippen LogP contribution in [0.4, 0.5) is 0 Å². The monoisotopic (exact) mass is 239 g/mol. The third kappa shape index (κ3) is 3.54. The van der Waals surface area contributed by atoms with Gasteiger partial charge in [0.1, 0.15) is 0 Å². The number of hydrogen-bond acceptors (Lipinski definition) is 3. The van der Waals surface area contributed by atoms with Crippen LogP contribution in [0.5, 0.6) is 0 Å². The van der Waals surface area contributed by atoms with E-state index in [0.717, 1.165) is 25.1 Å². The zero-order valence-electron chi connectivity index (χ0n) is 11.5. The summed E-state index contributed by atoms with van der Waals surface area (Å²) >= 11 is 0. The highest BCUT2D eigenvalue weighted by molar-refractivity contribution is 5.26. The van der Waals surface area contributed by atoms with E-state index < -0.39 is 0 Å². The molecule has 0 radical (unpaired) electrons. The molecule has 2 N–H and O–H groups in total. The fraction of sp³-hybridized carbons (Fsp3) is 0.769. The van der Waals surface area contributed by atoms with Crippen LogP contribution in [-0.2, 0) is 25.9 Å². The lowest BCUT2D eigenvalue weighted by molar-refractivity contribution is 0.267. The molecule has 0 aliphatic carbocycles. The van der Waals surface area contributed by atoms with E-state index in [-0.39, 0.29) is 6.61 Å². The highest BCUT2D eigenvalue weighted by Gasteiger charge is 2.14. The molecule has 0 atom stereocenters. The fourth-order valence-corrected chi connectivity index (χ4v) is 2.06. The predicted octanol–water partition coefficient (Wildman–Crippen LogP) is 1.50. The van der Waals surface area contributed by atoms with Crippen LogP contribution in [0.1, 0.15) is 44.6 Å². The Balaban J connectivity index is 2.97. The predicted molar refractivity (Wildman–Crippen MR) is 70.0 cm³/mol. The summed E-state index contributed by atoms with van der Waals surface area (Å²) in [5.74, 6) is 0. The van der Waals surface area contributed by atoms with E-state index in [4.69, 9.17) is 5.11 Å². The molecule has 0 saturated heterocycles. The number of nitrogens with zero attached hydrogens (tertiary/aromatic N) is 2. The second-order valence-corrected chi connectivity index (χ2v) is 4.56. The van der Waals surface area contributed by atoms with Gasteiger partial charge in [-0.05, 0) is 12.8 Å². The number of nitrogens with one attached hydrogen (secondary N) is 1. The van der Waals surface area contributed by atoms with Crippen molar-refractivity contribution >= 4 is 0 Å². The van der Waals surface area contributed by atoms with Crippen LogP contribution in [0.25, 0.3) is 0 Å². The van der Waals surface area contributed by atoms with Gasteiger partial charge >= 0.3 is 0 Å². The van der Waals surface area contributed by atoms with Gasteiger partial charge in [-0.1, -0.05) is 27.7 Å². The van der Waals surface area contributed by atoms with Crippen molar-refractivity contribution in [3.63, 3.8) is 0 Å². The smallest absolute Gasteiger partial charge is 0.0669 e. The SMILES string of the molecule is CCc1nn(CCO)c(CC)c1CNC(C)C. The van der Waals surface area contributed by atoms with E-state index in [2.05, 4.69) is 38.1 Å². The Bertz CT molecular complexity index is 345. The maximum absolute atomic E-state index is 9.05. The van der Waals surface area contributed by atoms with Crippen molar-refractivity contribution < 1.29 is 5.11 Å². The van der Waals surface area contributed by atoms with E-state index in [1.165, 1.54) is 11.3 Å². The van der Waals surface area contributed by atoms with Gasteiger partial charge in [-0.25, -0.2) is 0 Å². The largest absolute Gasteiger partial charge is 0.394 e. The number of aliphatic hydroxyl groups is 1. The van der Waals surface area contributed by atoms with Gasteiger partial charge < -0.3 is 10.4 Å². The average molecular weight is 239 g/mol. The molecule has 1 aromatic rings. The molecule has 17 heavy (non-hydrogen) atoms. The molecule has 1 heterocycles. The minimum absolute atomic E-state index is 0.148. The number of aromatic nitrogens is 2. The first kappa shape index (κ1) is 14.2. The standard InChI is InChI=1S/C13H25N3O/c1-5-12-11(9-14-10(3)4)13(6-2)16(15-12)7-8-17/h10,14,17H,5-9H2,1-4H3. The van der Waals surface area contributed by atoms with E-state index in [0.29, 0.717) is 12.6 Å². The van der Waals surface area contributed by atoms with Crippen LogP contribution in [0.15, 0.2) is 0 Å². The van der Waals surface area contributed by atoms with Gasteiger partial charge in [0.15, 0.2) is 0 Å². The van der Waals surface area contributed by atoms with Crippen molar-refractivity contribution in [2.24, 2.45) is 0 Å². The maximum atomic E-state index is 9.05. The van der Waals surface area contributed by atoms with Gasteiger partial charge in [0, 0.05) is 23.8 Å². The van der Waals surface area contributed by atoms with Crippen LogP contribution >= 0.6 is 0 Å². The summed E-state index contributed by atoms with van der Waals surface area (Å²) < 4.78 is 1.95. The highest BCUT2D eigenvalue weighted by Crippen LogP contribution is 2.16. The summed E-state index contributed by atoms with van der Waals surface area (Å²) in [6, 6.07) is 0.477. The molecule has 1 rings (SSSR count). The van der Waals surface area contributed by atoms with Gasteiger partial charge in [-0.2, -0.15) is 5.10 Å². The molecular formula is C13H25N3O. The van der Waals surface area contributed by atoms with E-state index in [1.54, 1.807) is 0 Å². The summed E-state index contributed by atoms with van der Waals surface area (Å²) in [6.07, 6.45) is 1.91. The van der Waals surface area contributed by atoms with Gasteiger partial charge in [-0.15, -0.1) is 0 Å². The molecule has 0 spiro atoms. The fourth-order valence-electron chi connectivity index (χ4n) is 2.06. The normalized spacial score (nSPS) is 11.4. The molecule has 4 nitrogen and oxygen atoms in total. The minimum Gasteiger partial charge on any atom is -0.394 e. The molecule has 98 valence electrons. The van der Waals surface area contributed by atoms with Crippen LogP contribution in [0.2, 0.25) is 0 Å². The number of rotatable bonds is 7. The van der Waals surface area contributed by atoms with Crippen molar-refractivity contribution in [2.75, 3.05) is 6.61 Å². The molecule has 0 aliphatic rings. The Kier molecular flexibility index (Phi) is 5.65. The Morgan fingerprint density at radius 2 is 2.00 bits per heavy atom. The molecule has 0 amide bonds. The first-order chi connectivity index (χ1) is 8.13. The molecule has 0 saturated carbocycles. The van der Waals surface area contributed by atoms with Crippen molar-refractivity contribution in [3.05, 3.63) is 17.0 Å². The van der Waals surface area contributed by atoms with Crippen LogP contribution in [-0.4, -0.2) is 27.5 Å². The lowest BCUT2D eigenvalue weighted by Gasteiger charge is -2.10. The van der Waals surface area contributed by atoms with Crippen molar-refractivity contribution in [1.29, 1.82) is 0 Å². The number of aliphatic hydroxyl groups excluding tert-OH is 1. The number of hydrogen-bond donors (Lipinski definition) is 2. The van der Waals surface area contributed by atoms with Gasteiger partial charge in [0.05, 0.1) is 18.8 Å². The molecular weight excluding hydrogens is 214 g/mol.